The van der Waals surface area contributed by atoms with Crippen LogP contribution in [0.5, 0.6) is 5.75 Å². The van der Waals surface area contributed by atoms with Crippen molar-refractivity contribution in [2.45, 2.75) is 6.92 Å². The molecule has 6 nitrogen and oxygen atoms in total. The largest absolute Gasteiger partial charge is 0.507 e. The molecule has 0 atom stereocenters. The Kier molecular flexibility index (Phi) is 3.43. The number of halogens is 1. The van der Waals surface area contributed by atoms with Crippen molar-refractivity contribution in [2.24, 2.45) is 0 Å². The van der Waals surface area contributed by atoms with Gasteiger partial charge in [-0.1, -0.05) is 0 Å². The van der Waals surface area contributed by atoms with Crippen molar-refractivity contribution in [1.82, 2.24) is 4.98 Å². The maximum absolute atomic E-state index is 12.8. The Balaban J connectivity index is 2.30. The predicted octanol–water partition coefficient (Wildman–Crippen LogP) is 2.12. The Bertz CT molecular complexity index is 694. The summed E-state index contributed by atoms with van der Waals surface area (Å²) in [5.74, 6) is -3.16. The lowest BCUT2D eigenvalue weighted by molar-refractivity contribution is 0.0692. The van der Waals surface area contributed by atoms with Crippen molar-refractivity contribution in [2.75, 3.05) is 5.32 Å². The highest BCUT2D eigenvalue weighted by Crippen LogP contribution is 2.22. The summed E-state index contributed by atoms with van der Waals surface area (Å²) in [6, 6.07) is 4.38. The van der Waals surface area contributed by atoms with E-state index in [4.69, 9.17) is 5.11 Å². The fourth-order valence-corrected chi connectivity index (χ4v) is 1.74. The molecule has 2 rings (SSSR count). The lowest BCUT2D eigenvalue weighted by Crippen LogP contribution is -2.14. The van der Waals surface area contributed by atoms with Gasteiger partial charge in [0.05, 0.1) is 11.3 Å². The number of aromatic amines is 1. The number of aromatic nitrogens is 1. The molecule has 0 fully saturated rings. The summed E-state index contributed by atoms with van der Waals surface area (Å²) in [4.78, 5) is 25.5. The van der Waals surface area contributed by atoms with Gasteiger partial charge in [-0.25, -0.2) is 9.18 Å². The predicted molar refractivity (Wildman–Crippen MR) is 68.5 cm³/mol. The third-order valence-electron chi connectivity index (χ3n) is 2.62. The number of phenols is 1. The van der Waals surface area contributed by atoms with Crippen LogP contribution in [0.25, 0.3) is 0 Å². The van der Waals surface area contributed by atoms with Crippen LogP contribution in [0.1, 0.15) is 26.5 Å². The van der Waals surface area contributed by atoms with E-state index in [0.717, 1.165) is 18.2 Å². The van der Waals surface area contributed by atoms with Crippen molar-refractivity contribution in [3.63, 3.8) is 0 Å². The van der Waals surface area contributed by atoms with E-state index in [1.807, 2.05) is 0 Å². The molecule has 1 heterocycles. The van der Waals surface area contributed by atoms with Crippen LogP contribution < -0.4 is 5.32 Å². The first-order chi connectivity index (χ1) is 9.38. The molecule has 2 aromatic rings. The molecule has 104 valence electrons. The molecular formula is C13H11FN2O4. The number of amides is 1. The molecule has 4 N–H and O–H groups in total. The number of aryl methyl sites for hydroxylation is 1. The van der Waals surface area contributed by atoms with Crippen LogP contribution in [0.2, 0.25) is 0 Å². The van der Waals surface area contributed by atoms with Crippen molar-refractivity contribution in [1.29, 1.82) is 0 Å². The number of aromatic carboxylic acids is 1. The zero-order chi connectivity index (χ0) is 14.9. The minimum absolute atomic E-state index is 0.0729. The number of hydrogen-bond donors (Lipinski definition) is 4. The highest BCUT2D eigenvalue weighted by molar-refractivity contribution is 6.08. The second-order valence-electron chi connectivity index (χ2n) is 4.16. The molecule has 0 aliphatic rings. The zero-order valence-electron chi connectivity index (χ0n) is 10.4. The Morgan fingerprint density at radius 1 is 1.30 bits per heavy atom. The molecule has 7 heteroatoms. The molecule has 0 unspecified atom stereocenters. The lowest BCUT2D eigenvalue weighted by atomic mass is 10.2. The maximum atomic E-state index is 12.8. The van der Waals surface area contributed by atoms with Gasteiger partial charge in [-0.05, 0) is 25.1 Å². The number of hydrogen-bond acceptors (Lipinski definition) is 3. The van der Waals surface area contributed by atoms with Gasteiger partial charge in [-0.3, -0.25) is 4.79 Å². The summed E-state index contributed by atoms with van der Waals surface area (Å²) >= 11 is 0. The van der Waals surface area contributed by atoms with Gasteiger partial charge in [0, 0.05) is 11.8 Å². The van der Waals surface area contributed by atoms with E-state index < -0.39 is 23.4 Å². The Hall–Kier alpha value is -2.83. The van der Waals surface area contributed by atoms with Crippen molar-refractivity contribution in [3.05, 3.63) is 47.0 Å². The first kappa shape index (κ1) is 13.6. The number of anilines is 1. The van der Waals surface area contributed by atoms with Crippen molar-refractivity contribution in [3.8, 4) is 5.75 Å². The average molecular weight is 278 g/mol. The summed E-state index contributed by atoms with van der Waals surface area (Å²) in [7, 11) is 0. The number of phenolic OH excluding ortho intramolecular Hbond substituents is 1. The molecule has 0 bridgehead atoms. The highest BCUT2D eigenvalue weighted by atomic mass is 19.1. The van der Waals surface area contributed by atoms with Crippen LogP contribution in [0.15, 0.2) is 24.3 Å². The van der Waals surface area contributed by atoms with Gasteiger partial charge in [-0.2, -0.15) is 0 Å². The quantitative estimate of drug-likeness (QED) is 0.690. The monoisotopic (exact) mass is 278 g/mol. The van der Waals surface area contributed by atoms with Crippen LogP contribution >= 0.6 is 0 Å². The normalized spacial score (nSPS) is 10.3. The molecule has 0 radical (unpaired) electrons. The number of rotatable bonds is 3. The fourth-order valence-electron chi connectivity index (χ4n) is 1.74. The van der Waals surface area contributed by atoms with E-state index in [9.17, 15) is 19.1 Å². The summed E-state index contributed by atoms with van der Waals surface area (Å²) < 4.78 is 12.8. The molecule has 0 spiro atoms. The minimum Gasteiger partial charge on any atom is -0.507 e. The molecule has 1 amide bonds. The standard InChI is InChI=1S/C13H11FN2O4/c1-6-4-9(11(15-6)13(19)20)16-12(18)8-3-2-7(14)5-10(8)17/h2-5,15,17H,1H3,(H,16,18)(H,19,20). The van der Waals surface area contributed by atoms with Gasteiger partial charge in [-0.15, -0.1) is 0 Å². The van der Waals surface area contributed by atoms with Crippen molar-refractivity contribution >= 4 is 17.6 Å². The first-order valence-electron chi connectivity index (χ1n) is 5.61. The van der Waals surface area contributed by atoms with E-state index in [2.05, 4.69) is 10.3 Å². The van der Waals surface area contributed by atoms with Crippen molar-refractivity contribution < 1.29 is 24.2 Å². The summed E-state index contributed by atoms with van der Waals surface area (Å²) in [5, 5.41) is 20.8. The number of benzene rings is 1. The van der Waals surface area contributed by atoms with E-state index in [1.165, 1.54) is 6.07 Å². The first-order valence-corrected chi connectivity index (χ1v) is 5.61. The minimum atomic E-state index is -1.23. The third kappa shape index (κ3) is 2.61. The van der Waals surface area contributed by atoms with Gasteiger partial charge < -0.3 is 20.5 Å². The van der Waals surface area contributed by atoms with E-state index >= 15 is 0 Å². The van der Waals surface area contributed by atoms with Gasteiger partial charge in [0.15, 0.2) is 0 Å². The van der Waals surface area contributed by atoms with E-state index in [0.29, 0.717) is 5.69 Å². The van der Waals surface area contributed by atoms with Crippen LogP contribution in [0.3, 0.4) is 0 Å². The fraction of sp³-hybridized carbons (Fsp3) is 0.0769. The van der Waals surface area contributed by atoms with Crippen LogP contribution in [-0.2, 0) is 0 Å². The molecule has 0 aliphatic heterocycles. The van der Waals surface area contributed by atoms with E-state index in [-0.39, 0.29) is 16.9 Å². The number of aromatic hydroxyl groups is 1. The number of nitrogens with one attached hydrogen (secondary N) is 2. The Labute approximate surface area is 112 Å². The maximum Gasteiger partial charge on any atom is 0.354 e. The Morgan fingerprint density at radius 2 is 2.00 bits per heavy atom. The summed E-state index contributed by atoms with van der Waals surface area (Å²) in [5.41, 5.74) is 0.309. The second-order valence-corrected chi connectivity index (χ2v) is 4.16. The van der Waals surface area contributed by atoms with Gasteiger partial charge in [0.1, 0.15) is 17.3 Å². The molecule has 1 aromatic carbocycles. The number of carboxylic acid groups (broad SMARTS) is 1. The molecular weight excluding hydrogens is 267 g/mol. The summed E-state index contributed by atoms with van der Waals surface area (Å²) in [6.07, 6.45) is 0. The number of carboxylic acids is 1. The number of carbonyl (C=O) groups excluding carboxylic acids is 1. The molecule has 0 aliphatic carbocycles. The van der Waals surface area contributed by atoms with Gasteiger partial charge in [0.2, 0.25) is 0 Å². The lowest BCUT2D eigenvalue weighted by Gasteiger charge is -2.06. The average Bonchev–Trinajstić information content (AvgIpc) is 2.70. The zero-order valence-corrected chi connectivity index (χ0v) is 10.4. The van der Waals surface area contributed by atoms with Gasteiger partial charge in [0.25, 0.3) is 5.91 Å². The molecule has 0 saturated carbocycles. The van der Waals surface area contributed by atoms with E-state index in [1.54, 1.807) is 6.92 Å². The third-order valence-corrected chi connectivity index (χ3v) is 2.62. The van der Waals surface area contributed by atoms with Crippen LogP contribution in [0.4, 0.5) is 10.1 Å². The molecule has 0 saturated heterocycles. The molecule has 1 aromatic heterocycles. The summed E-state index contributed by atoms with van der Waals surface area (Å²) in [6.45, 7) is 1.64. The highest BCUT2D eigenvalue weighted by Gasteiger charge is 2.18. The molecule has 20 heavy (non-hydrogen) atoms. The van der Waals surface area contributed by atoms with Gasteiger partial charge >= 0.3 is 5.97 Å². The number of H-pyrrole nitrogens is 1. The van der Waals surface area contributed by atoms with Crippen LogP contribution in [0, 0.1) is 12.7 Å². The smallest absolute Gasteiger partial charge is 0.354 e. The second kappa shape index (κ2) is 5.04. The Morgan fingerprint density at radius 3 is 2.60 bits per heavy atom. The SMILES string of the molecule is Cc1cc(NC(=O)c2ccc(F)cc2O)c(C(=O)O)[nH]1. The topological polar surface area (TPSA) is 102 Å². The number of carbonyl (C=O) groups is 2. The van der Waals surface area contributed by atoms with Crippen LogP contribution in [-0.4, -0.2) is 27.1 Å².